The number of carbonyl (C=O) groups excluding carboxylic acids is 1. The summed E-state index contributed by atoms with van der Waals surface area (Å²) in [6, 6.07) is 12.7. The summed E-state index contributed by atoms with van der Waals surface area (Å²) in [4.78, 5) is 11.8. The lowest BCUT2D eigenvalue weighted by molar-refractivity contribution is 0.0926. The van der Waals surface area contributed by atoms with Crippen molar-refractivity contribution in [2.45, 2.75) is 51.0 Å². The summed E-state index contributed by atoms with van der Waals surface area (Å²) in [5.74, 6) is 1.88. The average Bonchev–Trinajstić information content (AvgIpc) is 2.90. The average molecular weight is 639 g/mol. The lowest BCUT2D eigenvalue weighted by Gasteiger charge is -2.42. The fourth-order valence-electron chi connectivity index (χ4n) is 4.89. The van der Waals surface area contributed by atoms with Crippen LogP contribution in [-0.2, 0) is 9.23 Å². The second-order valence-corrected chi connectivity index (χ2v) is 12.7. The molecule has 2 fully saturated rings. The Kier molecular flexibility index (Phi) is 9.06. The summed E-state index contributed by atoms with van der Waals surface area (Å²) in [6.07, 6.45) is 4.54. The van der Waals surface area contributed by atoms with Crippen molar-refractivity contribution in [3.05, 3.63) is 67.6 Å². The third-order valence-electron chi connectivity index (χ3n) is 6.54. The van der Waals surface area contributed by atoms with E-state index in [-0.39, 0.29) is 13.3 Å². The fourth-order valence-corrected chi connectivity index (χ4v) is 5.61. The smallest absolute Gasteiger partial charge is 0.251 e. The molecule has 0 aromatic heterocycles. The molecule has 2 heterocycles. The number of nitrogens with zero attached hydrogens (tertiary/aromatic N) is 1. The highest BCUT2D eigenvalue weighted by Gasteiger charge is 2.42. The van der Waals surface area contributed by atoms with Crippen LogP contribution in [0, 0.1) is 5.92 Å². The quantitative estimate of drug-likeness (QED) is 0.181. The molecule has 2 N–H and O–H groups in total. The Bertz CT molecular complexity index is 1100. The summed E-state index contributed by atoms with van der Waals surface area (Å²) in [7, 11) is 7.36. The molecule has 4 bridgehead atoms. The first kappa shape index (κ1) is 26.7. The second-order valence-electron chi connectivity index (χ2n) is 8.34. The Morgan fingerprint density at radius 1 is 0.909 bits per heavy atom. The van der Waals surface area contributed by atoms with Gasteiger partial charge >= 0.3 is 0 Å². The van der Waals surface area contributed by atoms with Crippen molar-refractivity contribution in [2.75, 3.05) is 0 Å². The van der Waals surface area contributed by atoms with Crippen LogP contribution in [0.1, 0.15) is 72.0 Å². The zero-order chi connectivity index (χ0) is 23.0. The maximum absolute atomic E-state index is 11.8. The molecule has 0 spiro atoms. The Hall–Kier alpha value is -0.930. The normalized spacial score (nSPS) is 26.3. The Morgan fingerprint density at radius 2 is 1.39 bits per heavy atom. The first-order valence-corrected chi connectivity index (χ1v) is 14.5. The van der Waals surface area contributed by atoms with E-state index in [1.165, 1.54) is 11.1 Å². The van der Waals surface area contributed by atoms with Crippen molar-refractivity contribution < 1.29 is 14.2 Å². The minimum atomic E-state index is -1.67. The number of hydrogen-bond donors (Lipinski definition) is 2. The van der Waals surface area contributed by atoms with Crippen molar-refractivity contribution >= 4 is 74.1 Å². The summed E-state index contributed by atoms with van der Waals surface area (Å²) in [5.41, 5.74) is 5.44. The van der Waals surface area contributed by atoms with Gasteiger partial charge in [-0.15, -0.1) is 0 Å². The molecule has 2 saturated carbocycles. The van der Waals surface area contributed by atoms with Crippen LogP contribution in [0.3, 0.4) is 0 Å². The van der Waals surface area contributed by atoms with Gasteiger partial charge in [0.1, 0.15) is 0 Å². The van der Waals surface area contributed by atoms with Gasteiger partial charge < -0.3 is 10.5 Å². The summed E-state index contributed by atoms with van der Waals surface area (Å²) in [5, 5.41) is 15.5. The van der Waals surface area contributed by atoms with Crippen LogP contribution < -0.4 is 5.32 Å². The minimum Gasteiger partial charge on any atom is -0.411 e. The molecular weight excluding hydrogens is 615 g/mol. The van der Waals surface area contributed by atoms with E-state index in [1.54, 1.807) is 0 Å². The molecule has 178 valence electrons. The van der Waals surface area contributed by atoms with E-state index in [1.807, 2.05) is 12.1 Å². The lowest BCUT2D eigenvalue weighted by Crippen LogP contribution is -2.39. The van der Waals surface area contributed by atoms with Gasteiger partial charge in [0.05, 0.1) is 5.71 Å². The number of hydrogen-bond acceptors (Lipinski definition) is 4. The predicted octanol–water partition coefficient (Wildman–Crippen LogP) is 7.25. The molecule has 0 unspecified atom stereocenters. The van der Waals surface area contributed by atoms with Crippen molar-refractivity contribution in [2.24, 2.45) is 11.1 Å². The van der Waals surface area contributed by atoms with E-state index in [2.05, 4.69) is 88.0 Å². The zero-order valence-corrected chi connectivity index (χ0v) is 22.2. The molecule has 5 nitrogen and oxygen atoms in total. The Balaban J connectivity index is 0.000000156. The van der Waals surface area contributed by atoms with Gasteiger partial charge in [-0.3, -0.25) is 4.79 Å². The van der Waals surface area contributed by atoms with Gasteiger partial charge in [0.25, 0.3) is 5.91 Å². The highest BCUT2D eigenvalue weighted by molar-refractivity contribution is 9.10. The van der Waals surface area contributed by atoms with E-state index < -0.39 is 9.23 Å². The molecule has 1 amide bonds. The van der Waals surface area contributed by atoms with Crippen molar-refractivity contribution in [1.82, 2.24) is 5.32 Å². The predicted molar refractivity (Wildman–Crippen MR) is 142 cm³/mol. The van der Waals surface area contributed by atoms with Gasteiger partial charge in [-0.25, -0.2) is 4.21 Å². The van der Waals surface area contributed by atoms with Gasteiger partial charge in [0, 0.05) is 53.4 Å². The van der Waals surface area contributed by atoms with Crippen molar-refractivity contribution in [3.8, 4) is 0 Å². The van der Waals surface area contributed by atoms with Crippen LogP contribution in [0.4, 0.5) is 0 Å². The second kappa shape index (κ2) is 11.2. The number of halogens is 4. The number of carbonyl (C=O) groups is 1. The SMILES string of the molecule is C.O/N=C1/c2cc(Br)ccc2C2CC1C2.O=C1NC2CC(C2)c2ccc(Br)cc21.O=S(Cl)Cl. The fraction of sp³-hybridized carbons (Fsp3) is 0.391. The maximum atomic E-state index is 11.8. The van der Waals surface area contributed by atoms with Crippen LogP contribution in [0.5, 0.6) is 0 Å². The van der Waals surface area contributed by atoms with E-state index >= 15 is 0 Å². The molecule has 2 aromatic rings. The first-order valence-electron chi connectivity index (χ1n) is 10.1. The largest absolute Gasteiger partial charge is 0.411 e. The molecule has 2 aromatic carbocycles. The molecule has 0 saturated heterocycles. The molecule has 8 rings (SSSR count). The first-order chi connectivity index (χ1) is 15.3. The van der Waals surface area contributed by atoms with E-state index in [0.717, 1.165) is 51.5 Å². The topological polar surface area (TPSA) is 78.8 Å². The molecule has 6 aliphatic rings. The summed E-state index contributed by atoms with van der Waals surface area (Å²) < 4.78 is 11.1. The van der Waals surface area contributed by atoms with E-state index in [4.69, 9.17) is 9.42 Å². The number of oxime groups is 1. The van der Waals surface area contributed by atoms with Crippen LogP contribution in [0.25, 0.3) is 0 Å². The summed E-state index contributed by atoms with van der Waals surface area (Å²) in [6.45, 7) is 0. The highest BCUT2D eigenvalue weighted by atomic mass is 79.9. The summed E-state index contributed by atoms with van der Waals surface area (Å²) >= 11 is 6.84. The zero-order valence-electron chi connectivity index (χ0n) is 16.7. The van der Waals surface area contributed by atoms with Crippen LogP contribution >= 0.6 is 53.2 Å². The molecule has 0 atom stereocenters. The number of rotatable bonds is 0. The molecule has 4 aliphatic carbocycles. The molecule has 0 radical (unpaired) electrons. The standard InChI is InChI=1S/2C11H10BrNO.CH4.Cl2OS/c12-8-1-2-9-6-3-7(4-6)11(13-14)10(9)5-8;12-7-1-2-9-6-3-8(4-6)13-11(14)10(9)5-7;;1-4(2)3/h1-2,5-7,14H,3-4H2;1-2,5-6,8H,3-4H2,(H,13,14);1H4;/b13-11+;;;. The molecule has 10 heteroatoms. The lowest BCUT2D eigenvalue weighted by atomic mass is 9.61. The van der Waals surface area contributed by atoms with Crippen LogP contribution in [-0.4, -0.2) is 27.1 Å². The van der Waals surface area contributed by atoms with E-state index in [0.29, 0.717) is 23.8 Å². The molecule has 2 aliphatic heterocycles. The van der Waals surface area contributed by atoms with Crippen molar-refractivity contribution in [3.63, 3.8) is 0 Å². The Morgan fingerprint density at radius 3 is 1.94 bits per heavy atom. The van der Waals surface area contributed by atoms with Crippen molar-refractivity contribution in [1.29, 1.82) is 0 Å². The Labute approximate surface area is 222 Å². The number of fused-ring (bicyclic) bond motifs is 1. The number of nitrogens with one attached hydrogen (secondary N) is 1. The third kappa shape index (κ3) is 5.84. The van der Waals surface area contributed by atoms with Crippen LogP contribution in [0.15, 0.2) is 50.5 Å². The van der Waals surface area contributed by atoms with Gasteiger partial charge in [-0.1, -0.05) is 56.6 Å². The monoisotopic (exact) mass is 636 g/mol. The van der Waals surface area contributed by atoms with Gasteiger partial charge in [-0.2, -0.15) is 0 Å². The van der Waals surface area contributed by atoms with Gasteiger partial charge in [0.15, 0.2) is 0 Å². The molecule has 33 heavy (non-hydrogen) atoms. The highest BCUT2D eigenvalue weighted by Crippen LogP contribution is 2.50. The molecular formula is C23H24Br2Cl2N2O3S. The van der Waals surface area contributed by atoms with E-state index in [9.17, 15) is 4.79 Å². The third-order valence-corrected chi connectivity index (χ3v) is 7.52. The minimum absolute atomic E-state index is 0. The maximum Gasteiger partial charge on any atom is 0.251 e. The number of amides is 1. The number of benzene rings is 2. The van der Waals surface area contributed by atoms with Crippen LogP contribution in [0.2, 0.25) is 0 Å². The van der Waals surface area contributed by atoms with Gasteiger partial charge in [0.2, 0.25) is 9.23 Å². The van der Waals surface area contributed by atoms with Gasteiger partial charge in [-0.05, 0) is 72.9 Å².